The Morgan fingerprint density at radius 3 is 2.59 bits per heavy atom. The normalized spacial score (nSPS) is 10.6. The molecule has 0 amide bonds. The van der Waals surface area contributed by atoms with E-state index in [-0.39, 0.29) is 0 Å². The molecule has 1 heterocycles. The maximum Gasteiger partial charge on any atom is 0.118 e. The molecule has 1 aromatic heterocycles. The van der Waals surface area contributed by atoms with E-state index in [4.69, 9.17) is 10.5 Å². The average molecular weight is 293 g/mol. The van der Waals surface area contributed by atoms with Crippen LogP contribution >= 0.6 is 0 Å². The minimum absolute atomic E-state index is 0.732. The van der Waals surface area contributed by atoms with Crippen LogP contribution in [0.3, 0.4) is 0 Å². The van der Waals surface area contributed by atoms with E-state index in [9.17, 15) is 0 Å². The molecule has 0 aliphatic carbocycles. The highest BCUT2D eigenvalue weighted by Crippen LogP contribution is 2.17. The van der Waals surface area contributed by atoms with E-state index in [0.717, 1.165) is 35.8 Å². The summed E-state index contributed by atoms with van der Waals surface area (Å²) in [6, 6.07) is 16.0. The van der Waals surface area contributed by atoms with Gasteiger partial charge in [0.2, 0.25) is 0 Å². The number of ether oxygens (including phenoxy) is 1. The number of aromatic nitrogens is 2. The molecule has 0 atom stereocenters. The van der Waals surface area contributed by atoms with E-state index >= 15 is 0 Å². The number of nitrogen functional groups attached to an aromatic ring is 1. The molecule has 0 saturated carbocycles. The van der Waals surface area contributed by atoms with E-state index in [1.165, 1.54) is 5.56 Å². The zero-order valence-electron chi connectivity index (χ0n) is 12.6. The highest BCUT2D eigenvalue weighted by Gasteiger charge is 2.07. The van der Waals surface area contributed by atoms with Crippen molar-refractivity contribution in [1.29, 1.82) is 0 Å². The Bertz CT molecular complexity index is 747. The summed E-state index contributed by atoms with van der Waals surface area (Å²) in [7, 11) is 1.67. The number of benzene rings is 2. The van der Waals surface area contributed by atoms with Crippen molar-refractivity contribution in [2.24, 2.45) is 0 Å². The molecule has 0 aliphatic heterocycles. The molecule has 4 heteroatoms. The van der Waals surface area contributed by atoms with Gasteiger partial charge < -0.3 is 15.0 Å². The number of rotatable bonds is 5. The number of nitrogens with zero attached hydrogens (tertiary/aromatic N) is 2. The first-order chi connectivity index (χ1) is 10.8. The summed E-state index contributed by atoms with van der Waals surface area (Å²) >= 11 is 0. The lowest BCUT2D eigenvalue weighted by Crippen LogP contribution is -2.06. The van der Waals surface area contributed by atoms with Crippen molar-refractivity contribution in [3.8, 4) is 5.75 Å². The minimum Gasteiger partial charge on any atom is -0.497 e. The first-order valence-electron chi connectivity index (χ1n) is 7.22. The maximum absolute atomic E-state index is 6.02. The standard InChI is InChI=1S/C18H19N3O/c1-22-16-8-6-14(7-9-16)13-21-11-10-20-18(21)12-15-4-2-3-5-17(15)19/h2-11H,12-13,19H2,1H3. The highest BCUT2D eigenvalue weighted by atomic mass is 16.5. The molecule has 2 N–H and O–H groups in total. The molecule has 22 heavy (non-hydrogen) atoms. The van der Waals surface area contributed by atoms with Crippen LogP contribution in [0.4, 0.5) is 5.69 Å². The number of anilines is 1. The topological polar surface area (TPSA) is 53.1 Å². The second-order valence-corrected chi connectivity index (χ2v) is 5.20. The fourth-order valence-corrected chi connectivity index (χ4v) is 2.44. The predicted molar refractivity (Wildman–Crippen MR) is 88.0 cm³/mol. The van der Waals surface area contributed by atoms with Crippen LogP contribution in [-0.2, 0) is 13.0 Å². The minimum atomic E-state index is 0.732. The van der Waals surface area contributed by atoms with Crippen LogP contribution in [0.1, 0.15) is 17.0 Å². The third kappa shape index (κ3) is 3.11. The summed E-state index contributed by atoms with van der Waals surface area (Å²) in [6.07, 6.45) is 4.56. The van der Waals surface area contributed by atoms with Crippen LogP contribution in [0.5, 0.6) is 5.75 Å². The van der Waals surface area contributed by atoms with Gasteiger partial charge in [-0.3, -0.25) is 0 Å². The van der Waals surface area contributed by atoms with Crippen LogP contribution < -0.4 is 10.5 Å². The molecule has 112 valence electrons. The molecule has 4 nitrogen and oxygen atoms in total. The van der Waals surface area contributed by atoms with Crippen LogP contribution in [0.25, 0.3) is 0 Å². The molecule has 0 bridgehead atoms. The van der Waals surface area contributed by atoms with Crippen LogP contribution in [0, 0.1) is 0 Å². The number of para-hydroxylation sites is 1. The summed E-state index contributed by atoms with van der Waals surface area (Å²) in [5.41, 5.74) is 9.14. The Kier molecular flexibility index (Phi) is 4.10. The van der Waals surface area contributed by atoms with Gasteiger partial charge in [0, 0.05) is 31.0 Å². The zero-order valence-corrected chi connectivity index (χ0v) is 12.6. The third-order valence-corrected chi connectivity index (χ3v) is 3.72. The third-order valence-electron chi connectivity index (χ3n) is 3.72. The molecular formula is C18H19N3O. The van der Waals surface area contributed by atoms with Crippen molar-refractivity contribution in [3.05, 3.63) is 77.9 Å². The van der Waals surface area contributed by atoms with Crippen molar-refractivity contribution in [3.63, 3.8) is 0 Å². The van der Waals surface area contributed by atoms with Gasteiger partial charge in [-0.25, -0.2) is 4.98 Å². The lowest BCUT2D eigenvalue weighted by molar-refractivity contribution is 0.414. The summed E-state index contributed by atoms with van der Waals surface area (Å²) in [5, 5.41) is 0. The first kappa shape index (κ1) is 14.2. The smallest absolute Gasteiger partial charge is 0.118 e. The number of nitrogens with two attached hydrogens (primary N) is 1. The molecule has 0 fully saturated rings. The number of hydrogen-bond donors (Lipinski definition) is 1. The van der Waals surface area contributed by atoms with Gasteiger partial charge in [-0.15, -0.1) is 0 Å². The van der Waals surface area contributed by atoms with Gasteiger partial charge in [0.25, 0.3) is 0 Å². The molecule has 0 aliphatic rings. The molecule has 3 aromatic rings. The molecular weight excluding hydrogens is 274 g/mol. The molecule has 0 saturated heterocycles. The summed E-state index contributed by atoms with van der Waals surface area (Å²) in [6.45, 7) is 0.784. The Labute approximate surface area is 130 Å². The van der Waals surface area contributed by atoms with Gasteiger partial charge in [0.15, 0.2) is 0 Å². The summed E-state index contributed by atoms with van der Waals surface area (Å²) in [4.78, 5) is 4.47. The van der Waals surface area contributed by atoms with Crippen molar-refractivity contribution >= 4 is 5.69 Å². The second-order valence-electron chi connectivity index (χ2n) is 5.20. The highest BCUT2D eigenvalue weighted by molar-refractivity contribution is 5.47. The van der Waals surface area contributed by atoms with Gasteiger partial charge in [-0.2, -0.15) is 0 Å². The molecule has 0 spiro atoms. The van der Waals surface area contributed by atoms with Crippen LogP contribution in [0.2, 0.25) is 0 Å². The van der Waals surface area contributed by atoms with E-state index in [2.05, 4.69) is 21.7 Å². The van der Waals surface area contributed by atoms with E-state index < -0.39 is 0 Å². The Balaban J connectivity index is 1.78. The van der Waals surface area contributed by atoms with Crippen LogP contribution in [0.15, 0.2) is 60.9 Å². The number of hydrogen-bond acceptors (Lipinski definition) is 3. The summed E-state index contributed by atoms with van der Waals surface area (Å²) < 4.78 is 7.33. The predicted octanol–water partition coefficient (Wildman–Crippen LogP) is 3.11. The SMILES string of the molecule is COc1ccc(Cn2ccnc2Cc2ccccc2N)cc1. The van der Waals surface area contributed by atoms with Gasteiger partial charge in [-0.05, 0) is 29.3 Å². The Morgan fingerprint density at radius 2 is 1.86 bits per heavy atom. The second kappa shape index (κ2) is 6.35. The molecule has 2 aromatic carbocycles. The Morgan fingerprint density at radius 1 is 1.09 bits per heavy atom. The van der Waals surface area contributed by atoms with Crippen LogP contribution in [-0.4, -0.2) is 16.7 Å². The number of methoxy groups -OCH3 is 1. The molecule has 0 unspecified atom stereocenters. The van der Waals surface area contributed by atoms with Gasteiger partial charge in [-0.1, -0.05) is 30.3 Å². The van der Waals surface area contributed by atoms with Gasteiger partial charge >= 0.3 is 0 Å². The Hall–Kier alpha value is -2.75. The largest absolute Gasteiger partial charge is 0.497 e. The lowest BCUT2D eigenvalue weighted by atomic mass is 10.1. The first-order valence-corrected chi connectivity index (χ1v) is 7.22. The van der Waals surface area contributed by atoms with E-state index in [1.807, 2.05) is 48.8 Å². The van der Waals surface area contributed by atoms with Crippen molar-refractivity contribution < 1.29 is 4.74 Å². The quantitative estimate of drug-likeness (QED) is 0.735. The van der Waals surface area contributed by atoms with Crippen molar-refractivity contribution in [1.82, 2.24) is 9.55 Å². The number of imidazole rings is 1. The van der Waals surface area contributed by atoms with E-state index in [0.29, 0.717) is 0 Å². The van der Waals surface area contributed by atoms with Gasteiger partial charge in [0.05, 0.1) is 7.11 Å². The summed E-state index contributed by atoms with van der Waals surface area (Å²) in [5.74, 6) is 1.88. The fraction of sp³-hybridized carbons (Fsp3) is 0.167. The maximum atomic E-state index is 6.02. The lowest BCUT2D eigenvalue weighted by Gasteiger charge is -2.10. The van der Waals surface area contributed by atoms with Crippen molar-refractivity contribution in [2.75, 3.05) is 12.8 Å². The molecule has 0 radical (unpaired) electrons. The van der Waals surface area contributed by atoms with E-state index in [1.54, 1.807) is 7.11 Å². The zero-order chi connectivity index (χ0) is 15.4. The fourth-order valence-electron chi connectivity index (χ4n) is 2.44. The average Bonchev–Trinajstić information content (AvgIpc) is 2.97. The van der Waals surface area contributed by atoms with Gasteiger partial charge in [0.1, 0.15) is 11.6 Å². The van der Waals surface area contributed by atoms with Crippen molar-refractivity contribution in [2.45, 2.75) is 13.0 Å². The monoisotopic (exact) mass is 293 g/mol. The molecule has 3 rings (SSSR count).